The summed E-state index contributed by atoms with van der Waals surface area (Å²) >= 11 is 1.72. The number of rotatable bonds is 6. The van der Waals surface area contributed by atoms with E-state index in [4.69, 9.17) is 0 Å². The molecule has 0 bridgehead atoms. The minimum absolute atomic E-state index is 0.166. The summed E-state index contributed by atoms with van der Waals surface area (Å²) in [7, 11) is 1.84. The van der Waals surface area contributed by atoms with Gasteiger partial charge in [-0.1, -0.05) is 18.2 Å². The van der Waals surface area contributed by atoms with Crippen LogP contribution < -0.4 is 0 Å². The van der Waals surface area contributed by atoms with E-state index in [0.717, 1.165) is 6.42 Å². The quantitative estimate of drug-likeness (QED) is 0.569. The fourth-order valence-electron chi connectivity index (χ4n) is 1.55. The first-order valence-electron chi connectivity index (χ1n) is 5.65. The topological polar surface area (TPSA) is 20.3 Å². The molecule has 1 amide bonds. The molecule has 1 aromatic rings. The van der Waals surface area contributed by atoms with E-state index in [1.165, 1.54) is 10.5 Å². The molecule has 0 aromatic heterocycles. The van der Waals surface area contributed by atoms with E-state index in [9.17, 15) is 4.79 Å². The lowest BCUT2D eigenvalue weighted by Gasteiger charge is -2.17. The van der Waals surface area contributed by atoms with Gasteiger partial charge in [-0.2, -0.15) is 0 Å². The van der Waals surface area contributed by atoms with E-state index < -0.39 is 0 Å². The van der Waals surface area contributed by atoms with Gasteiger partial charge in [0.2, 0.25) is 5.91 Å². The summed E-state index contributed by atoms with van der Waals surface area (Å²) in [6.07, 6.45) is 5.12. The highest BCUT2D eigenvalue weighted by Gasteiger charge is 2.08. The highest BCUT2D eigenvalue weighted by Crippen LogP contribution is 2.16. The Hall–Kier alpha value is -1.22. The minimum atomic E-state index is 0.166. The number of benzene rings is 1. The molecular weight excluding hydrogens is 230 g/mol. The predicted octanol–water partition coefficient (Wildman–Crippen LogP) is 3.33. The second-order valence-electron chi connectivity index (χ2n) is 3.93. The van der Waals surface area contributed by atoms with Crippen molar-refractivity contribution in [1.82, 2.24) is 4.90 Å². The van der Waals surface area contributed by atoms with Gasteiger partial charge in [-0.15, -0.1) is 18.3 Å². The molecule has 0 aliphatic heterocycles. The van der Waals surface area contributed by atoms with Gasteiger partial charge in [0.1, 0.15) is 0 Å². The molecule has 17 heavy (non-hydrogen) atoms. The van der Waals surface area contributed by atoms with Crippen LogP contribution in [-0.2, 0) is 11.3 Å². The zero-order valence-electron chi connectivity index (χ0n) is 10.5. The maximum Gasteiger partial charge on any atom is 0.222 e. The average Bonchev–Trinajstić information content (AvgIpc) is 2.36. The third-order valence-electron chi connectivity index (χ3n) is 2.54. The van der Waals surface area contributed by atoms with Crippen molar-refractivity contribution in [2.45, 2.75) is 24.3 Å². The van der Waals surface area contributed by atoms with Gasteiger partial charge >= 0.3 is 0 Å². The maximum atomic E-state index is 11.7. The standard InChI is InChI=1S/C14H19NOS/c1-4-5-9-14(16)15(2)11-12-7-6-8-13(10-12)17-3/h4,6-8,10H,1,5,9,11H2,2-3H3. The highest BCUT2D eigenvalue weighted by atomic mass is 32.2. The summed E-state index contributed by atoms with van der Waals surface area (Å²) in [4.78, 5) is 14.7. The molecule has 0 heterocycles. The summed E-state index contributed by atoms with van der Waals surface area (Å²) in [6, 6.07) is 8.29. The molecular formula is C14H19NOS. The summed E-state index contributed by atoms with van der Waals surface area (Å²) < 4.78 is 0. The van der Waals surface area contributed by atoms with E-state index in [-0.39, 0.29) is 5.91 Å². The summed E-state index contributed by atoms with van der Waals surface area (Å²) in [5, 5.41) is 0. The first-order chi connectivity index (χ1) is 8.17. The van der Waals surface area contributed by atoms with E-state index in [1.807, 2.05) is 13.1 Å². The lowest BCUT2D eigenvalue weighted by molar-refractivity contribution is -0.130. The predicted molar refractivity (Wildman–Crippen MR) is 74.1 cm³/mol. The normalized spacial score (nSPS) is 10.0. The van der Waals surface area contributed by atoms with Crippen molar-refractivity contribution in [3.8, 4) is 0 Å². The largest absolute Gasteiger partial charge is 0.341 e. The number of allylic oxidation sites excluding steroid dienone is 1. The third kappa shape index (κ3) is 4.65. The minimum Gasteiger partial charge on any atom is -0.341 e. The van der Waals surface area contributed by atoms with Gasteiger partial charge in [0.15, 0.2) is 0 Å². The van der Waals surface area contributed by atoms with Gasteiger partial charge in [-0.3, -0.25) is 4.79 Å². The summed E-state index contributed by atoms with van der Waals surface area (Å²) in [5.74, 6) is 0.166. The fraction of sp³-hybridized carbons (Fsp3) is 0.357. The SMILES string of the molecule is C=CCCC(=O)N(C)Cc1cccc(SC)c1. The van der Waals surface area contributed by atoms with Crippen LogP contribution in [0.1, 0.15) is 18.4 Å². The molecule has 0 spiro atoms. The molecule has 0 aliphatic rings. The van der Waals surface area contributed by atoms with Crippen molar-refractivity contribution >= 4 is 17.7 Å². The smallest absolute Gasteiger partial charge is 0.222 e. The number of amides is 1. The average molecular weight is 249 g/mol. The first-order valence-corrected chi connectivity index (χ1v) is 6.87. The van der Waals surface area contributed by atoms with Crippen LogP contribution in [0.15, 0.2) is 41.8 Å². The lowest BCUT2D eigenvalue weighted by atomic mass is 10.2. The van der Waals surface area contributed by atoms with Crippen molar-refractivity contribution < 1.29 is 4.79 Å². The zero-order chi connectivity index (χ0) is 12.7. The van der Waals surface area contributed by atoms with Crippen LogP contribution in [0.5, 0.6) is 0 Å². The fourth-order valence-corrected chi connectivity index (χ4v) is 2.03. The van der Waals surface area contributed by atoms with Crippen molar-refractivity contribution in [2.24, 2.45) is 0 Å². The molecule has 92 valence electrons. The molecule has 0 aliphatic carbocycles. The number of nitrogens with zero attached hydrogens (tertiary/aromatic N) is 1. The van der Waals surface area contributed by atoms with Crippen LogP contribution >= 0.6 is 11.8 Å². The van der Waals surface area contributed by atoms with Crippen LogP contribution in [0.4, 0.5) is 0 Å². The molecule has 3 heteroatoms. The molecule has 0 unspecified atom stereocenters. The van der Waals surface area contributed by atoms with Crippen molar-refractivity contribution in [3.63, 3.8) is 0 Å². The van der Waals surface area contributed by atoms with Crippen molar-refractivity contribution in [2.75, 3.05) is 13.3 Å². The number of carbonyl (C=O) groups is 1. The van der Waals surface area contributed by atoms with Crippen LogP contribution in [0.3, 0.4) is 0 Å². The molecule has 1 aromatic carbocycles. The van der Waals surface area contributed by atoms with Crippen LogP contribution in [0.25, 0.3) is 0 Å². The summed E-state index contributed by atoms with van der Waals surface area (Å²) in [6.45, 7) is 4.30. The van der Waals surface area contributed by atoms with E-state index in [0.29, 0.717) is 13.0 Å². The van der Waals surface area contributed by atoms with E-state index >= 15 is 0 Å². The Morgan fingerprint density at radius 2 is 2.29 bits per heavy atom. The summed E-state index contributed by atoms with van der Waals surface area (Å²) in [5.41, 5.74) is 1.17. The molecule has 2 nitrogen and oxygen atoms in total. The molecule has 0 N–H and O–H groups in total. The highest BCUT2D eigenvalue weighted by molar-refractivity contribution is 7.98. The van der Waals surface area contributed by atoms with Gasteiger partial charge in [-0.25, -0.2) is 0 Å². The molecule has 0 saturated heterocycles. The maximum absolute atomic E-state index is 11.7. The Balaban J connectivity index is 2.57. The Morgan fingerprint density at radius 3 is 2.94 bits per heavy atom. The Bertz CT molecular complexity index is 390. The Morgan fingerprint density at radius 1 is 1.53 bits per heavy atom. The van der Waals surface area contributed by atoms with Gasteiger partial charge in [-0.05, 0) is 30.4 Å². The Labute approximate surface area is 108 Å². The van der Waals surface area contributed by atoms with Gasteiger partial charge < -0.3 is 4.90 Å². The third-order valence-corrected chi connectivity index (χ3v) is 3.27. The molecule has 0 radical (unpaired) electrons. The van der Waals surface area contributed by atoms with Gasteiger partial charge in [0.05, 0.1) is 0 Å². The van der Waals surface area contributed by atoms with Gasteiger partial charge in [0, 0.05) is 24.9 Å². The monoisotopic (exact) mass is 249 g/mol. The molecule has 0 atom stereocenters. The number of hydrogen-bond donors (Lipinski definition) is 0. The van der Waals surface area contributed by atoms with E-state index in [2.05, 4.69) is 31.0 Å². The molecule has 0 saturated carbocycles. The first kappa shape index (κ1) is 13.8. The van der Waals surface area contributed by atoms with Crippen LogP contribution in [0, 0.1) is 0 Å². The zero-order valence-corrected chi connectivity index (χ0v) is 11.3. The second kappa shape index (κ2) is 7.17. The van der Waals surface area contributed by atoms with Crippen molar-refractivity contribution in [1.29, 1.82) is 0 Å². The van der Waals surface area contributed by atoms with E-state index in [1.54, 1.807) is 22.7 Å². The lowest BCUT2D eigenvalue weighted by Crippen LogP contribution is -2.25. The van der Waals surface area contributed by atoms with Crippen LogP contribution in [-0.4, -0.2) is 24.1 Å². The van der Waals surface area contributed by atoms with Gasteiger partial charge in [0.25, 0.3) is 0 Å². The molecule has 0 fully saturated rings. The number of thioether (sulfide) groups is 1. The number of hydrogen-bond acceptors (Lipinski definition) is 2. The second-order valence-corrected chi connectivity index (χ2v) is 4.81. The Kier molecular flexibility index (Phi) is 5.84. The van der Waals surface area contributed by atoms with Crippen molar-refractivity contribution in [3.05, 3.63) is 42.5 Å². The molecule has 1 rings (SSSR count). The van der Waals surface area contributed by atoms with Crippen LogP contribution in [0.2, 0.25) is 0 Å². The number of carbonyl (C=O) groups excluding carboxylic acids is 1.